The van der Waals surface area contributed by atoms with Crippen LogP contribution in [0.2, 0.25) is 0 Å². The number of nitrogens with zero attached hydrogens (tertiary/aromatic N) is 5. The number of likely N-dealkylation sites (N-methyl/N-ethyl adjacent to an activating group) is 1. The highest BCUT2D eigenvalue weighted by molar-refractivity contribution is 5.95. The van der Waals surface area contributed by atoms with E-state index in [1.54, 1.807) is 6.92 Å². The smallest absolute Gasteiger partial charge is 0.160 e. The van der Waals surface area contributed by atoms with E-state index < -0.39 is 0 Å². The number of aromatic nitrogens is 3. The number of benzene rings is 1. The largest absolute Gasteiger partial charge is 0.358 e. The van der Waals surface area contributed by atoms with E-state index in [-0.39, 0.29) is 5.78 Å². The Kier molecular flexibility index (Phi) is 9.78. The molecular weight excluding hydrogens is 472 g/mol. The summed E-state index contributed by atoms with van der Waals surface area (Å²) in [6.45, 7) is 13.1. The molecule has 2 aromatic heterocycles. The molecule has 7 heteroatoms. The minimum Gasteiger partial charge on any atom is -0.358 e. The normalized spacial score (nSPS) is 14.1. The van der Waals surface area contributed by atoms with Crippen LogP contribution in [0, 0.1) is 6.92 Å². The van der Waals surface area contributed by atoms with Gasteiger partial charge >= 0.3 is 0 Å². The first-order valence-electron chi connectivity index (χ1n) is 14.6. The van der Waals surface area contributed by atoms with Gasteiger partial charge in [-0.3, -0.25) is 4.79 Å². The van der Waals surface area contributed by atoms with Crippen molar-refractivity contribution in [2.45, 2.75) is 78.6 Å². The van der Waals surface area contributed by atoms with Gasteiger partial charge in [0.05, 0.1) is 5.69 Å². The number of Topliss-reactive ketones (excluding diaryl/α,β-unsaturated/α-hetero) is 1. The van der Waals surface area contributed by atoms with Crippen LogP contribution in [0.3, 0.4) is 0 Å². The number of fused-ring (bicyclic) bond motifs is 1. The highest BCUT2D eigenvalue weighted by Gasteiger charge is 2.21. The van der Waals surface area contributed by atoms with Gasteiger partial charge in [-0.05, 0) is 57.7 Å². The lowest BCUT2D eigenvalue weighted by Gasteiger charge is -2.33. The summed E-state index contributed by atoms with van der Waals surface area (Å²) in [5, 5.41) is 8.62. The average Bonchev–Trinajstić information content (AvgIpc) is 3.29. The number of aryl methyl sites for hydroxylation is 2. The predicted molar refractivity (Wildman–Crippen MR) is 158 cm³/mol. The van der Waals surface area contributed by atoms with Crippen molar-refractivity contribution in [3.05, 3.63) is 52.7 Å². The van der Waals surface area contributed by atoms with Crippen molar-refractivity contribution in [2.75, 3.05) is 49.6 Å². The first-order valence-corrected chi connectivity index (χ1v) is 14.6. The van der Waals surface area contributed by atoms with Crippen molar-refractivity contribution < 1.29 is 4.79 Å². The van der Waals surface area contributed by atoms with Crippen molar-refractivity contribution in [2.24, 2.45) is 0 Å². The Labute approximate surface area is 228 Å². The second-order valence-corrected chi connectivity index (χ2v) is 11.0. The molecule has 7 nitrogen and oxygen atoms in total. The van der Waals surface area contributed by atoms with Crippen LogP contribution in [0.5, 0.6) is 0 Å². The second-order valence-electron chi connectivity index (χ2n) is 11.0. The van der Waals surface area contributed by atoms with E-state index in [0.29, 0.717) is 5.92 Å². The van der Waals surface area contributed by atoms with Crippen LogP contribution in [-0.2, 0) is 6.42 Å². The molecule has 38 heavy (non-hydrogen) atoms. The molecule has 1 aliphatic rings. The lowest BCUT2D eigenvalue weighted by Crippen LogP contribution is -2.38. The molecule has 0 spiro atoms. The van der Waals surface area contributed by atoms with Crippen LogP contribution in [0.15, 0.2) is 30.3 Å². The average molecular weight is 519 g/mol. The zero-order valence-corrected chi connectivity index (χ0v) is 24.1. The molecule has 0 radical (unpaired) electrons. The number of anilines is 2. The fourth-order valence-corrected chi connectivity index (χ4v) is 5.16. The van der Waals surface area contributed by atoms with Crippen LogP contribution in [0.4, 0.5) is 11.6 Å². The SMILES string of the molecule is CCCCCC(C)c1cc2nc(N3CCC3)cc(N(C)CCNCCCc3ccc(C)cc3C(C)=O)n2n1. The van der Waals surface area contributed by atoms with Crippen molar-refractivity contribution >= 4 is 23.1 Å². The Hall–Kier alpha value is -2.93. The summed E-state index contributed by atoms with van der Waals surface area (Å²) >= 11 is 0. The van der Waals surface area contributed by atoms with Gasteiger partial charge in [0, 0.05) is 56.8 Å². The first kappa shape index (κ1) is 28.1. The van der Waals surface area contributed by atoms with Crippen LogP contribution < -0.4 is 15.1 Å². The van der Waals surface area contributed by atoms with Gasteiger partial charge in [0.2, 0.25) is 0 Å². The van der Waals surface area contributed by atoms with Gasteiger partial charge in [-0.25, -0.2) is 4.98 Å². The number of nitrogens with one attached hydrogen (secondary N) is 1. The molecule has 1 N–H and O–H groups in total. The third kappa shape index (κ3) is 6.93. The molecule has 206 valence electrons. The van der Waals surface area contributed by atoms with E-state index in [2.05, 4.69) is 60.3 Å². The molecule has 3 aromatic rings. The Morgan fingerprint density at radius 1 is 1.13 bits per heavy atom. The molecule has 1 atom stereocenters. The molecule has 1 fully saturated rings. The summed E-state index contributed by atoms with van der Waals surface area (Å²) < 4.78 is 2.04. The number of hydrogen-bond donors (Lipinski definition) is 1. The Morgan fingerprint density at radius 2 is 1.95 bits per heavy atom. The minimum atomic E-state index is 0.150. The maximum atomic E-state index is 12.0. The highest BCUT2D eigenvalue weighted by Crippen LogP contribution is 2.28. The molecule has 0 bridgehead atoms. The zero-order valence-electron chi connectivity index (χ0n) is 24.1. The number of rotatable bonds is 15. The number of carbonyl (C=O) groups is 1. The summed E-state index contributed by atoms with van der Waals surface area (Å²) in [5.74, 6) is 2.74. The van der Waals surface area contributed by atoms with Crippen LogP contribution in [0.1, 0.15) is 92.4 Å². The third-order valence-corrected chi connectivity index (χ3v) is 7.80. The van der Waals surface area contributed by atoms with Crippen LogP contribution in [0.25, 0.3) is 5.65 Å². The molecule has 1 aliphatic heterocycles. The van der Waals surface area contributed by atoms with Crippen molar-refractivity contribution in [3.8, 4) is 0 Å². The van der Waals surface area contributed by atoms with Crippen LogP contribution >= 0.6 is 0 Å². The number of ketones is 1. The Balaban J connectivity index is 1.36. The maximum absolute atomic E-state index is 12.0. The van der Waals surface area contributed by atoms with Gasteiger partial charge in [0.25, 0.3) is 0 Å². The quantitative estimate of drug-likeness (QED) is 0.203. The first-order chi connectivity index (χ1) is 18.4. The lowest BCUT2D eigenvalue weighted by molar-refractivity contribution is 0.101. The van der Waals surface area contributed by atoms with Gasteiger partial charge in [-0.15, -0.1) is 0 Å². The molecule has 4 rings (SSSR count). The second kappa shape index (κ2) is 13.2. The third-order valence-electron chi connectivity index (χ3n) is 7.80. The maximum Gasteiger partial charge on any atom is 0.160 e. The monoisotopic (exact) mass is 518 g/mol. The van der Waals surface area contributed by atoms with Gasteiger partial charge in [-0.2, -0.15) is 9.61 Å². The molecule has 1 unspecified atom stereocenters. The molecule has 0 saturated carbocycles. The van der Waals surface area contributed by atoms with Gasteiger partial charge in [0.1, 0.15) is 11.6 Å². The van der Waals surface area contributed by atoms with E-state index in [1.807, 2.05) is 17.5 Å². The summed E-state index contributed by atoms with van der Waals surface area (Å²) in [6.07, 6.45) is 8.08. The fourth-order valence-electron chi connectivity index (χ4n) is 5.16. The van der Waals surface area contributed by atoms with Gasteiger partial charge in [0.15, 0.2) is 11.4 Å². The summed E-state index contributed by atoms with van der Waals surface area (Å²) in [4.78, 5) is 21.6. The van der Waals surface area contributed by atoms with E-state index in [1.165, 1.54) is 32.1 Å². The van der Waals surface area contributed by atoms with E-state index in [4.69, 9.17) is 10.1 Å². The van der Waals surface area contributed by atoms with E-state index in [0.717, 1.165) is 85.2 Å². The van der Waals surface area contributed by atoms with E-state index in [9.17, 15) is 4.79 Å². The highest BCUT2D eigenvalue weighted by atomic mass is 16.1. The molecular formula is C31H46N6O. The van der Waals surface area contributed by atoms with Crippen LogP contribution in [-0.4, -0.2) is 60.2 Å². The minimum absolute atomic E-state index is 0.150. The molecule has 1 aromatic carbocycles. The summed E-state index contributed by atoms with van der Waals surface area (Å²) in [7, 11) is 2.15. The Morgan fingerprint density at radius 3 is 2.66 bits per heavy atom. The fraction of sp³-hybridized carbons (Fsp3) is 0.581. The predicted octanol–water partition coefficient (Wildman–Crippen LogP) is 5.79. The lowest BCUT2D eigenvalue weighted by atomic mass is 9.98. The number of carbonyl (C=O) groups excluding carboxylic acids is 1. The topological polar surface area (TPSA) is 65.8 Å². The Bertz CT molecular complexity index is 1210. The zero-order chi connectivity index (χ0) is 27.1. The van der Waals surface area contributed by atoms with Crippen molar-refractivity contribution in [1.29, 1.82) is 0 Å². The molecule has 0 aliphatic carbocycles. The van der Waals surface area contributed by atoms with Crippen molar-refractivity contribution in [1.82, 2.24) is 19.9 Å². The standard InChI is InChI=1S/C31H46N6O/c1-6-7-8-11-24(3)28-21-30-33-29(36-17-10-18-36)22-31(37(30)34-28)35(5)19-16-32-15-9-12-26-14-13-23(2)20-27(26)25(4)38/h13-14,20-22,24,32H,6-12,15-19H2,1-5H3. The van der Waals surface area contributed by atoms with Gasteiger partial charge < -0.3 is 15.1 Å². The molecule has 0 amide bonds. The molecule has 1 saturated heterocycles. The van der Waals surface area contributed by atoms with Crippen molar-refractivity contribution in [3.63, 3.8) is 0 Å². The molecule has 3 heterocycles. The number of unbranched alkanes of at least 4 members (excludes halogenated alkanes) is 2. The summed E-state index contributed by atoms with van der Waals surface area (Å²) in [5.41, 5.74) is 5.24. The number of hydrogen-bond acceptors (Lipinski definition) is 6. The van der Waals surface area contributed by atoms with E-state index >= 15 is 0 Å². The summed E-state index contributed by atoms with van der Waals surface area (Å²) in [6, 6.07) is 10.6. The van der Waals surface area contributed by atoms with Gasteiger partial charge in [-0.1, -0.05) is 50.8 Å².